The van der Waals surface area contributed by atoms with E-state index in [1.165, 1.54) is 12.8 Å². The zero-order valence-electron chi connectivity index (χ0n) is 13.2. The molecule has 21 heavy (non-hydrogen) atoms. The fraction of sp³-hybridized carbons (Fsp3) is 0.625. The maximum absolute atomic E-state index is 9.88. The number of nitrogens with zero attached hydrogens (tertiary/aromatic N) is 1. The van der Waals surface area contributed by atoms with Crippen LogP contribution in [0.15, 0.2) is 12.1 Å². The number of hydrogen-bond donors (Lipinski definition) is 2. The standard InChI is InChI=1S/C16H26N2O3/c1-4-18(13-5-6-13)8-7-17-11-12-9-14(20-2)16(19)15(10-12)21-3/h9-10,13,17,19H,4-8,11H2,1-3H3. The highest BCUT2D eigenvalue weighted by Crippen LogP contribution is 2.37. The fourth-order valence-electron chi connectivity index (χ4n) is 2.54. The molecule has 1 aliphatic carbocycles. The first kappa shape index (κ1) is 15.9. The molecule has 0 radical (unpaired) electrons. The highest BCUT2D eigenvalue weighted by atomic mass is 16.5. The molecule has 1 aromatic carbocycles. The average molecular weight is 294 g/mol. The third kappa shape index (κ3) is 4.25. The van der Waals surface area contributed by atoms with E-state index in [0.29, 0.717) is 11.5 Å². The molecule has 0 spiro atoms. The highest BCUT2D eigenvalue weighted by Gasteiger charge is 2.26. The van der Waals surface area contributed by atoms with E-state index in [2.05, 4.69) is 17.1 Å². The summed E-state index contributed by atoms with van der Waals surface area (Å²) in [6.07, 6.45) is 2.69. The van der Waals surface area contributed by atoms with Crippen LogP contribution in [0.3, 0.4) is 0 Å². The van der Waals surface area contributed by atoms with E-state index in [4.69, 9.17) is 9.47 Å². The van der Waals surface area contributed by atoms with Crippen LogP contribution < -0.4 is 14.8 Å². The van der Waals surface area contributed by atoms with Gasteiger partial charge in [0, 0.05) is 25.7 Å². The summed E-state index contributed by atoms with van der Waals surface area (Å²) in [5.74, 6) is 0.938. The lowest BCUT2D eigenvalue weighted by Crippen LogP contribution is -2.33. The van der Waals surface area contributed by atoms with Gasteiger partial charge in [-0.05, 0) is 37.1 Å². The van der Waals surface area contributed by atoms with Crippen molar-refractivity contribution in [2.45, 2.75) is 32.4 Å². The molecule has 2 N–H and O–H groups in total. The van der Waals surface area contributed by atoms with Crippen LogP contribution >= 0.6 is 0 Å². The lowest BCUT2D eigenvalue weighted by molar-refractivity contribution is 0.277. The lowest BCUT2D eigenvalue weighted by Gasteiger charge is -2.20. The molecule has 118 valence electrons. The molecule has 1 saturated carbocycles. The van der Waals surface area contributed by atoms with Gasteiger partial charge in [0.25, 0.3) is 0 Å². The fourth-order valence-corrected chi connectivity index (χ4v) is 2.54. The molecule has 1 aromatic rings. The summed E-state index contributed by atoms with van der Waals surface area (Å²) in [5.41, 5.74) is 1.04. The maximum atomic E-state index is 9.88. The molecular weight excluding hydrogens is 268 g/mol. The molecule has 2 rings (SSSR count). The van der Waals surface area contributed by atoms with Crippen molar-refractivity contribution in [1.82, 2.24) is 10.2 Å². The lowest BCUT2D eigenvalue weighted by atomic mass is 10.2. The molecule has 0 aliphatic heterocycles. The highest BCUT2D eigenvalue weighted by molar-refractivity contribution is 5.52. The van der Waals surface area contributed by atoms with E-state index < -0.39 is 0 Å². The number of phenols is 1. The van der Waals surface area contributed by atoms with Gasteiger partial charge in [-0.2, -0.15) is 0 Å². The van der Waals surface area contributed by atoms with E-state index in [0.717, 1.165) is 37.8 Å². The van der Waals surface area contributed by atoms with Crippen molar-refractivity contribution in [3.8, 4) is 17.2 Å². The van der Waals surface area contributed by atoms with Crippen molar-refractivity contribution < 1.29 is 14.6 Å². The summed E-state index contributed by atoms with van der Waals surface area (Å²) in [6.45, 7) is 6.10. The Morgan fingerprint density at radius 2 is 1.86 bits per heavy atom. The molecule has 0 aromatic heterocycles. The Hall–Kier alpha value is -1.46. The van der Waals surface area contributed by atoms with Crippen molar-refractivity contribution in [1.29, 1.82) is 0 Å². The Bertz CT molecular complexity index is 436. The van der Waals surface area contributed by atoms with Crippen molar-refractivity contribution in [3.05, 3.63) is 17.7 Å². The quantitative estimate of drug-likeness (QED) is 0.682. The number of rotatable bonds is 9. The van der Waals surface area contributed by atoms with Crippen molar-refractivity contribution in [2.75, 3.05) is 33.9 Å². The van der Waals surface area contributed by atoms with E-state index in [-0.39, 0.29) is 5.75 Å². The van der Waals surface area contributed by atoms with Gasteiger partial charge in [-0.25, -0.2) is 0 Å². The minimum atomic E-state index is 0.0506. The summed E-state index contributed by atoms with van der Waals surface area (Å²) >= 11 is 0. The van der Waals surface area contributed by atoms with Crippen LogP contribution in [0.1, 0.15) is 25.3 Å². The van der Waals surface area contributed by atoms with Crippen molar-refractivity contribution in [2.24, 2.45) is 0 Å². The second-order valence-corrected chi connectivity index (χ2v) is 5.39. The number of likely N-dealkylation sites (N-methyl/N-ethyl adjacent to an activating group) is 1. The molecule has 5 nitrogen and oxygen atoms in total. The largest absolute Gasteiger partial charge is 0.502 e. The van der Waals surface area contributed by atoms with Gasteiger partial charge in [0.2, 0.25) is 5.75 Å². The number of benzene rings is 1. The van der Waals surface area contributed by atoms with E-state index in [9.17, 15) is 5.11 Å². The second kappa shape index (κ2) is 7.52. The van der Waals surface area contributed by atoms with Crippen molar-refractivity contribution in [3.63, 3.8) is 0 Å². The number of nitrogens with one attached hydrogen (secondary N) is 1. The van der Waals surface area contributed by atoms with Gasteiger partial charge in [-0.1, -0.05) is 6.92 Å². The Kier molecular flexibility index (Phi) is 5.70. The van der Waals surface area contributed by atoms with Crippen LogP contribution in [0.5, 0.6) is 17.2 Å². The number of hydrogen-bond acceptors (Lipinski definition) is 5. The van der Waals surface area contributed by atoms with Crippen molar-refractivity contribution >= 4 is 0 Å². The summed E-state index contributed by atoms with van der Waals surface area (Å²) < 4.78 is 10.3. The SMILES string of the molecule is CCN(CCNCc1cc(OC)c(O)c(OC)c1)C1CC1. The predicted molar refractivity (Wildman–Crippen MR) is 83.2 cm³/mol. The van der Waals surface area contributed by atoms with E-state index in [1.807, 2.05) is 12.1 Å². The molecule has 0 amide bonds. The van der Waals surface area contributed by atoms with Crippen LogP contribution in [0, 0.1) is 0 Å². The average Bonchev–Trinajstić information content (AvgIpc) is 3.33. The third-order valence-electron chi connectivity index (χ3n) is 3.91. The number of methoxy groups -OCH3 is 2. The summed E-state index contributed by atoms with van der Waals surface area (Å²) in [6, 6.07) is 4.48. The van der Waals surface area contributed by atoms with Gasteiger partial charge in [-0.15, -0.1) is 0 Å². The molecule has 0 saturated heterocycles. The Labute approximate surface area is 126 Å². The van der Waals surface area contributed by atoms with Gasteiger partial charge in [0.15, 0.2) is 11.5 Å². The topological polar surface area (TPSA) is 54.0 Å². The predicted octanol–water partition coefficient (Wildman–Crippen LogP) is 1.98. The number of phenolic OH excluding ortho intramolecular Hbond substituents is 1. The van der Waals surface area contributed by atoms with E-state index >= 15 is 0 Å². The molecule has 5 heteroatoms. The smallest absolute Gasteiger partial charge is 0.200 e. The van der Waals surface area contributed by atoms with Crippen LogP contribution in [0.2, 0.25) is 0 Å². The van der Waals surface area contributed by atoms with Crippen LogP contribution in [-0.2, 0) is 6.54 Å². The summed E-state index contributed by atoms with van der Waals surface area (Å²) in [4.78, 5) is 2.52. The minimum Gasteiger partial charge on any atom is -0.502 e. The molecule has 0 atom stereocenters. The summed E-state index contributed by atoms with van der Waals surface area (Å²) in [7, 11) is 3.08. The molecule has 1 aliphatic rings. The van der Waals surface area contributed by atoms with Gasteiger partial charge in [0.05, 0.1) is 14.2 Å². The second-order valence-electron chi connectivity index (χ2n) is 5.39. The first-order valence-electron chi connectivity index (χ1n) is 7.58. The van der Waals surface area contributed by atoms with Crippen LogP contribution in [-0.4, -0.2) is 49.9 Å². The molecule has 1 fully saturated rings. The Morgan fingerprint density at radius 1 is 1.24 bits per heavy atom. The van der Waals surface area contributed by atoms with E-state index in [1.54, 1.807) is 14.2 Å². The van der Waals surface area contributed by atoms with Gasteiger partial charge < -0.3 is 19.9 Å². The molecular formula is C16H26N2O3. The normalized spacial score (nSPS) is 14.5. The van der Waals surface area contributed by atoms with Crippen LogP contribution in [0.25, 0.3) is 0 Å². The van der Waals surface area contributed by atoms with Crippen LogP contribution in [0.4, 0.5) is 0 Å². The number of aromatic hydroxyl groups is 1. The zero-order chi connectivity index (χ0) is 15.2. The van der Waals surface area contributed by atoms with Gasteiger partial charge >= 0.3 is 0 Å². The third-order valence-corrected chi connectivity index (χ3v) is 3.91. The maximum Gasteiger partial charge on any atom is 0.200 e. The Morgan fingerprint density at radius 3 is 2.33 bits per heavy atom. The minimum absolute atomic E-state index is 0.0506. The zero-order valence-corrected chi connectivity index (χ0v) is 13.2. The van der Waals surface area contributed by atoms with Gasteiger partial charge in [-0.3, -0.25) is 4.90 Å². The first-order chi connectivity index (χ1) is 10.2. The van der Waals surface area contributed by atoms with Gasteiger partial charge in [0.1, 0.15) is 0 Å². The Balaban J connectivity index is 1.84. The first-order valence-corrected chi connectivity index (χ1v) is 7.58. The number of ether oxygens (including phenoxy) is 2. The molecule has 0 heterocycles. The monoisotopic (exact) mass is 294 g/mol. The molecule has 0 unspecified atom stereocenters. The summed E-state index contributed by atoms with van der Waals surface area (Å²) in [5, 5.41) is 13.3. The molecule has 0 bridgehead atoms.